The van der Waals surface area contributed by atoms with Crippen LogP contribution in [0.15, 0.2) is 36.4 Å². The Morgan fingerprint density at radius 2 is 1.05 bits per heavy atom. The van der Waals surface area contributed by atoms with E-state index in [0.717, 1.165) is 88.9 Å². The highest BCUT2D eigenvalue weighted by Crippen LogP contribution is 2.44. The van der Waals surface area contributed by atoms with Gasteiger partial charge in [-0.25, -0.2) is 9.59 Å². The second-order valence-corrected chi connectivity index (χ2v) is 10.5. The van der Waals surface area contributed by atoms with Crippen LogP contribution >= 0.6 is 0 Å². The summed E-state index contributed by atoms with van der Waals surface area (Å²) < 4.78 is 11.0. The van der Waals surface area contributed by atoms with Gasteiger partial charge in [-0.2, -0.15) is 0 Å². The molecule has 0 atom stereocenters. The van der Waals surface area contributed by atoms with Crippen LogP contribution in [0.25, 0.3) is 11.1 Å². The van der Waals surface area contributed by atoms with Crippen molar-refractivity contribution < 1.29 is 24.2 Å². The lowest BCUT2D eigenvalue weighted by molar-refractivity contribution is 0.0488. The average Bonchev–Trinajstić information content (AvgIpc) is 3.26. The highest BCUT2D eigenvalue weighted by atomic mass is 16.5. The van der Waals surface area contributed by atoms with Gasteiger partial charge in [0.15, 0.2) is 0 Å². The van der Waals surface area contributed by atoms with Crippen LogP contribution < -0.4 is 0 Å². The minimum Gasteiger partial charge on any atom is -0.462 e. The fraction of sp³-hybridized carbons (Fsp3) is 0.576. The van der Waals surface area contributed by atoms with E-state index in [9.17, 15) is 14.7 Å². The Kier molecular flexibility index (Phi) is 13.1. The van der Waals surface area contributed by atoms with Crippen LogP contribution in [0.4, 0.5) is 0 Å². The second kappa shape index (κ2) is 16.5. The first-order valence-electron chi connectivity index (χ1n) is 15.2. The van der Waals surface area contributed by atoms with Crippen LogP contribution in [-0.4, -0.2) is 79.3 Å². The topological polar surface area (TPSA) is 79.3 Å². The highest BCUT2D eigenvalue weighted by Gasteiger charge is 2.29. The summed E-state index contributed by atoms with van der Waals surface area (Å²) in [6.07, 6.45) is 4.98. The highest BCUT2D eigenvalue weighted by molar-refractivity contribution is 5.94. The van der Waals surface area contributed by atoms with Gasteiger partial charge < -0.3 is 24.4 Å². The molecule has 220 valence electrons. The van der Waals surface area contributed by atoms with Crippen LogP contribution in [0.1, 0.15) is 104 Å². The molecule has 2 aromatic carbocycles. The molecule has 0 unspecified atom stereocenters. The zero-order chi connectivity index (χ0) is 28.9. The fourth-order valence-electron chi connectivity index (χ4n) is 5.29. The number of aliphatic hydroxyl groups excluding tert-OH is 1. The number of ether oxygens (including phenoxy) is 2. The van der Waals surface area contributed by atoms with E-state index in [1.807, 2.05) is 12.1 Å². The van der Waals surface area contributed by atoms with Crippen molar-refractivity contribution in [3.63, 3.8) is 0 Å². The van der Waals surface area contributed by atoms with Crippen molar-refractivity contribution in [1.29, 1.82) is 0 Å². The maximum Gasteiger partial charge on any atom is 0.338 e. The molecule has 0 aromatic heterocycles. The number of carbonyl (C=O) groups excluding carboxylic acids is 2. The van der Waals surface area contributed by atoms with Crippen molar-refractivity contribution in [1.82, 2.24) is 9.80 Å². The molecule has 7 heteroatoms. The second-order valence-electron chi connectivity index (χ2n) is 10.5. The lowest BCUT2D eigenvalue weighted by Crippen LogP contribution is -2.23. The van der Waals surface area contributed by atoms with E-state index in [1.165, 1.54) is 0 Å². The number of aliphatic hydroxyl groups is 1. The van der Waals surface area contributed by atoms with Gasteiger partial charge in [0.2, 0.25) is 0 Å². The molecule has 1 aliphatic rings. The number of nitrogens with zero attached hydrogens (tertiary/aromatic N) is 2. The molecule has 2 aromatic rings. The third-order valence-corrected chi connectivity index (χ3v) is 7.95. The maximum absolute atomic E-state index is 12.7. The van der Waals surface area contributed by atoms with Crippen molar-refractivity contribution >= 4 is 11.9 Å². The number of carbonyl (C=O) groups is 2. The van der Waals surface area contributed by atoms with E-state index >= 15 is 0 Å². The zero-order valence-electron chi connectivity index (χ0n) is 24.9. The largest absolute Gasteiger partial charge is 0.462 e. The third-order valence-electron chi connectivity index (χ3n) is 7.95. The van der Waals surface area contributed by atoms with Crippen LogP contribution in [0.5, 0.6) is 0 Å². The minimum absolute atomic E-state index is 0.379. The molecule has 0 aliphatic heterocycles. The van der Waals surface area contributed by atoms with Crippen molar-refractivity contribution in [2.24, 2.45) is 0 Å². The Morgan fingerprint density at radius 3 is 1.43 bits per heavy atom. The summed E-state index contributed by atoms with van der Waals surface area (Å²) in [6, 6.07) is 10.6. The number of unbranched alkanes of at least 4 members (excludes halogenated alkanes) is 4. The first-order chi connectivity index (χ1) is 19.4. The molecule has 0 saturated carbocycles. The van der Waals surface area contributed by atoms with E-state index < -0.39 is 6.10 Å². The summed E-state index contributed by atoms with van der Waals surface area (Å²) in [7, 11) is 0. The normalized spacial score (nSPS) is 12.6. The van der Waals surface area contributed by atoms with Crippen LogP contribution in [0.2, 0.25) is 0 Å². The van der Waals surface area contributed by atoms with Gasteiger partial charge in [-0.1, -0.05) is 39.8 Å². The standard InChI is InChI=1S/C33H48N2O5/c1-5-34(6-2)19-11-9-13-21-39-32(37)25-15-17-27-28-18-16-26(24-30(28)31(36)29(27)23-25)33(38)40-22-14-10-12-20-35(7-3)8-4/h15-18,23-24,31,36H,5-14,19-22H2,1-4H3. The van der Waals surface area contributed by atoms with Gasteiger partial charge in [-0.05, 0) is 124 Å². The van der Waals surface area contributed by atoms with E-state index in [2.05, 4.69) is 37.5 Å². The number of fused-ring (bicyclic) bond motifs is 3. The number of esters is 2. The molecule has 0 radical (unpaired) electrons. The Morgan fingerprint density at radius 1 is 0.650 bits per heavy atom. The Hall–Kier alpha value is -2.74. The predicted molar refractivity (Wildman–Crippen MR) is 160 cm³/mol. The summed E-state index contributed by atoms with van der Waals surface area (Å²) in [5.41, 5.74) is 3.89. The molecule has 0 heterocycles. The van der Waals surface area contributed by atoms with Crippen LogP contribution in [-0.2, 0) is 9.47 Å². The summed E-state index contributed by atoms with van der Waals surface area (Å²) in [5, 5.41) is 11.1. The molecule has 7 nitrogen and oxygen atoms in total. The van der Waals surface area contributed by atoms with Gasteiger partial charge in [-0.15, -0.1) is 0 Å². The van der Waals surface area contributed by atoms with Crippen LogP contribution in [0, 0.1) is 0 Å². The molecule has 40 heavy (non-hydrogen) atoms. The van der Waals surface area contributed by atoms with E-state index in [0.29, 0.717) is 35.5 Å². The molecule has 0 spiro atoms. The first kappa shape index (κ1) is 31.8. The number of benzene rings is 2. The molecule has 0 fully saturated rings. The summed E-state index contributed by atoms with van der Waals surface area (Å²) in [4.78, 5) is 30.1. The number of rotatable bonds is 18. The number of hydrogen-bond acceptors (Lipinski definition) is 7. The first-order valence-corrected chi connectivity index (χ1v) is 15.2. The Labute approximate surface area is 240 Å². The van der Waals surface area contributed by atoms with Crippen molar-refractivity contribution in [3.8, 4) is 11.1 Å². The fourth-order valence-corrected chi connectivity index (χ4v) is 5.29. The van der Waals surface area contributed by atoms with Gasteiger partial charge in [0.05, 0.1) is 24.3 Å². The summed E-state index contributed by atoms with van der Waals surface area (Å²) in [5.74, 6) is -0.757. The van der Waals surface area contributed by atoms with Gasteiger partial charge in [-0.3, -0.25) is 0 Å². The molecule has 3 rings (SSSR count). The predicted octanol–water partition coefficient (Wildman–Crippen LogP) is 6.09. The maximum atomic E-state index is 12.7. The molecule has 1 N–H and O–H groups in total. The molecular formula is C33H48N2O5. The van der Waals surface area contributed by atoms with Crippen molar-refractivity contribution in [3.05, 3.63) is 58.7 Å². The quantitative estimate of drug-likeness (QED) is 0.177. The van der Waals surface area contributed by atoms with Gasteiger partial charge in [0.1, 0.15) is 6.10 Å². The Balaban J connectivity index is 1.48. The molecule has 0 bridgehead atoms. The van der Waals surface area contributed by atoms with E-state index in [1.54, 1.807) is 24.3 Å². The third kappa shape index (κ3) is 8.63. The van der Waals surface area contributed by atoms with Gasteiger partial charge in [0, 0.05) is 0 Å². The zero-order valence-corrected chi connectivity index (χ0v) is 24.9. The lowest BCUT2D eigenvalue weighted by Gasteiger charge is -2.17. The molecular weight excluding hydrogens is 504 g/mol. The van der Waals surface area contributed by atoms with E-state index in [4.69, 9.17) is 9.47 Å². The van der Waals surface area contributed by atoms with E-state index in [-0.39, 0.29) is 11.9 Å². The van der Waals surface area contributed by atoms with Gasteiger partial charge >= 0.3 is 11.9 Å². The summed E-state index contributed by atoms with van der Waals surface area (Å²) >= 11 is 0. The van der Waals surface area contributed by atoms with Crippen molar-refractivity contribution in [2.75, 3.05) is 52.5 Å². The average molecular weight is 553 g/mol. The molecule has 0 saturated heterocycles. The monoisotopic (exact) mass is 552 g/mol. The SMILES string of the molecule is CCN(CC)CCCCCOC(=O)c1ccc2c(c1)C(O)c1cc(C(=O)OCCCCCN(CC)CC)ccc1-2. The Bertz CT molecular complexity index is 1010. The number of hydrogen-bond donors (Lipinski definition) is 1. The minimum atomic E-state index is -0.911. The van der Waals surface area contributed by atoms with Gasteiger partial charge in [0.25, 0.3) is 0 Å². The van der Waals surface area contributed by atoms with Crippen LogP contribution in [0.3, 0.4) is 0 Å². The smallest absolute Gasteiger partial charge is 0.338 e. The molecule has 1 aliphatic carbocycles. The lowest BCUT2D eigenvalue weighted by atomic mass is 10.0. The molecule has 0 amide bonds. The summed E-state index contributed by atoms with van der Waals surface area (Å²) in [6.45, 7) is 15.8. The van der Waals surface area contributed by atoms with Crippen molar-refractivity contribution in [2.45, 2.75) is 72.3 Å².